The molecule has 3 atom stereocenters. The molecule has 1 saturated carbocycles. The number of anilines is 2. The third kappa shape index (κ3) is 8.19. The molecule has 1 aliphatic carbocycles. The van der Waals surface area contributed by atoms with Gasteiger partial charge in [-0.15, -0.1) is 0 Å². The van der Waals surface area contributed by atoms with Gasteiger partial charge in [0.15, 0.2) is 0 Å². The van der Waals surface area contributed by atoms with Gasteiger partial charge in [-0.2, -0.15) is 0 Å². The van der Waals surface area contributed by atoms with Gasteiger partial charge in [-0.25, -0.2) is 4.79 Å². The largest absolute Gasteiger partial charge is 0.488 e. The number of aliphatic hydroxyl groups is 1. The monoisotopic (exact) mass is 536 g/mol. The molecule has 2 aromatic carbocycles. The van der Waals surface area contributed by atoms with Crippen molar-refractivity contribution in [3.8, 4) is 5.75 Å². The van der Waals surface area contributed by atoms with Crippen molar-refractivity contribution in [3.05, 3.63) is 54.1 Å². The van der Waals surface area contributed by atoms with Gasteiger partial charge in [0.25, 0.3) is 0 Å². The van der Waals surface area contributed by atoms with Crippen molar-refractivity contribution in [1.29, 1.82) is 0 Å². The molecule has 0 unspecified atom stereocenters. The van der Waals surface area contributed by atoms with E-state index in [0.29, 0.717) is 23.7 Å². The van der Waals surface area contributed by atoms with Gasteiger partial charge in [-0.05, 0) is 63.1 Å². The summed E-state index contributed by atoms with van der Waals surface area (Å²) in [6.45, 7) is 6.22. The van der Waals surface area contributed by atoms with Crippen LogP contribution < -0.4 is 15.4 Å². The molecule has 1 aliphatic heterocycles. The van der Waals surface area contributed by atoms with Crippen LogP contribution in [0.2, 0.25) is 0 Å². The Labute approximate surface area is 232 Å². The number of benzene rings is 2. The molecule has 39 heavy (non-hydrogen) atoms. The Kier molecular flexibility index (Phi) is 10.2. The molecule has 1 fully saturated rings. The summed E-state index contributed by atoms with van der Waals surface area (Å²) in [7, 11) is 2.16. The maximum absolute atomic E-state index is 13.4. The summed E-state index contributed by atoms with van der Waals surface area (Å²) in [5, 5.41) is 15.6. The number of nitrogens with zero attached hydrogens (tertiary/aromatic N) is 2. The molecule has 0 bridgehead atoms. The highest BCUT2D eigenvalue weighted by Crippen LogP contribution is 2.30. The molecular weight excluding hydrogens is 492 g/mol. The number of fused-ring (bicyclic) bond motifs is 1. The third-order valence-electron chi connectivity index (χ3n) is 7.99. The van der Waals surface area contributed by atoms with Crippen LogP contribution in [-0.2, 0) is 11.2 Å². The summed E-state index contributed by atoms with van der Waals surface area (Å²) in [5.74, 6) is 1.40. The molecule has 1 heterocycles. The topological polar surface area (TPSA) is 94.1 Å². The van der Waals surface area contributed by atoms with E-state index in [-0.39, 0.29) is 43.0 Å². The van der Waals surface area contributed by atoms with Gasteiger partial charge in [0.1, 0.15) is 11.9 Å². The van der Waals surface area contributed by atoms with Crippen LogP contribution in [0.25, 0.3) is 0 Å². The zero-order valence-electron chi connectivity index (χ0n) is 23.6. The lowest BCUT2D eigenvalue weighted by molar-refractivity contribution is -0.134. The number of carbonyl (C=O) groups excluding carboxylic acids is 2. The first-order valence-electron chi connectivity index (χ1n) is 14.3. The molecular formula is C31H44N4O4. The predicted molar refractivity (Wildman–Crippen MR) is 155 cm³/mol. The van der Waals surface area contributed by atoms with E-state index in [9.17, 15) is 14.7 Å². The molecule has 8 heteroatoms. The van der Waals surface area contributed by atoms with E-state index < -0.39 is 0 Å². The molecule has 0 aromatic heterocycles. The van der Waals surface area contributed by atoms with Crippen LogP contribution in [0.4, 0.5) is 16.2 Å². The zero-order chi connectivity index (χ0) is 27.8. The van der Waals surface area contributed by atoms with Crippen LogP contribution in [0, 0.1) is 11.8 Å². The Bertz CT molecular complexity index is 1090. The van der Waals surface area contributed by atoms with Gasteiger partial charge in [0.05, 0.1) is 19.1 Å². The fraction of sp³-hybridized carbons (Fsp3) is 0.548. The minimum Gasteiger partial charge on any atom is -0.488 e. The first kappa shape index (κ1) is 28.9. The third-order valence-corrected chi connectivity index (χ3v) is 7.99. The minimum absolute atomic E-state index is 0.0599. The number of hydrogen-bond donors (Lipinski definition) is 3. The molecule has 0 spiro atoms. The van der Waals surface area contributed by atoms with Crippen LogP contribution in [0.5, 0.6) is 5.75 Å². The number of urea groups is 1. The molecule has 0 saturated heterocycles. The highest BCUT2D eigenvalue weighted by molar-refractivity contribution is 5.99. The highest BCUT2D eigenvalue weighted by Gasteiger charge is 2.31. The van der Waals surface area contributed by atoms with Crippen LogP contribution >= 0.6 is 0 Å². The number of rotatable bonds is 8. The summed E-state index contributed by atoms with van der Waals surface area (Å²) in [4.78, 5) is 30.2. The Hall–Kier alpha value is -3.10. The number of ether oxygens (including phenoxy) is 1. The minimum atomic E-state index is -0.358. The first-order valence-corrected chi connectivity index (χ1v) is 14.3. The van der Waals surface area contributed by atoms with Crippen molar-refractivity contribution < 1.29 is 19.4 Å². The van der Waals surface area contributed by atoms with Crippen molar-refractivity contribution in [2.75, 3.05) is 43.9 Å². The van der Waals surface area contributed by atoms with Gasteiger partial charge in [0.2, 0.25) is 5.91 Å². The second-order valence-corrected chi connectivity index (χ2v) is 11.4. The van der Waals surface area contributed by atoms with Crippen LogP contribution in [0.15, 0.2) is 48.5 Å². The number of aliphatic hydroxyl groups excluding tert-OH is 1. The Morgan fingerprint density at radius 1 is 1.08 bits per heavy atom. The maximum atomic E-state index is 13.4. The van der Waals surface area contributed by atoms with Gasteiger partial charge in [-0.1, -0.05) is 44.4 Å². The second kappa shape index (κ2) is 13.8. The van der Waals surface area contributed by atoms with Gasteiger partial charge < -0.3 is 30.3 Å². The highest BCUT2D eigenvalue weighted by atomic mass is 16.5. The molecule has 0 radical (unpaired) electrons. The van der Waals surface area contributed by atoms with Crippen molar-refractivity contribution in [3.63, 3.8) is 0 Å². The van der Waals surface area contributed by atoms with Crippen LogP contribution in [0.3, 0.4) is 0 Å². The van der Waals surface area contributed by atoms with E-state index in [1.165, 1.54) is 32.1 Å². The summed E-state index contributed by atoms with van der Waals surface area (Å²) >= 11 is 0. The van der Waals surface area contributed by atoms with Gasteiger partial charge >= 0.3 is 6.03 Å². The van der Waals surface area contributed by atoms with Crippen LogP contribution in [-0.4, -0.2) is 72.3 Å². The fourth-order valence-corrected chi connectivity index (χ4v) is 5.73. The summed E-state index contributed by atoms with van der Waals surface area (Å²) in [6.07, 6.45) is 6.56. The number of likely N-dealkylation sites (N-methyl/N-ethyl adjacent to an activating group) is 1. The maximum Gasteiger partial charge on any atom is 0.323 e. The molecule has 4 rings (SSSR count). The molecule has 8 nitrogen and oxygen atoms in total. The van der Waals surface area contributed by atoms with Gasteiger partial charge in [0, 0.05) is 42.5 Å². The van der Waals surface area contributed by atoms with E-state index in [1.807, 2.05) is 55.5 Å². The predicted octanol–water partition coefficient (Wildman–Crippen LogP) is 4.99. The molecule has 3 amide bonds. The molecule has 212 valence electrons. The zero-order valence-corrected chi connectivity index (χ0v) is 23.6. The van der Waals surface area contributed by atoms with E-state index >= 15 is 0 Å². The van der Waals surface area contributed by atoms with Crippen molar-refractivity contribution in [1.82, 2.24) is 9.80 Å². The number of nitrogens with one attached hydrogen (secondary N) is 2. The smallest absolute Gasteiger partial charge is 0.323 e. The lowest BCUT2D eigenvalue weighted by atomic mass is 9.89. The quantitative estimate of drug-likeness (QED) is 0.442. The number of hydrogen-bond acceptors (Lipinski definition) is 5. The van der Waals surface area contributed by atoms with E-state index in [1.54, 1.807) is 4.90 Å². The van der Waals surface area contributed by atoms with Crippen LogP contribution in [0.1, 0.15) is 51.5 Å². The van der Waals surface area contributed by atoms with Crippen molar-refractivity contribution in [2.45, 2.75) is 64.5 Å². The molecule has 2 aliphatic rings. The summed E-state index contributed by atoms with van der Waals surface area (Å²) in [6, 6.07) is 14.1. The average molecular weight is 537 g/mol. The number of carbonyl (C=O) groups is 2. The Balaban J connectivity index is 1.53. The second-order valence-electron chi connectivity index (χ2n) is 11.4. The van der Waals surface area contributed by atoms with Crippen molar-refractivity contribution >= 4 is 23.3 Å². The summed E-state index contributed by atoms with van der Waals surface area (Å²) in [5.41, 5.74) is 2.00. The lowest BCUT2D eigenvalue weighted by Gasteiger charge is -2.35. The molecule has 2 aromatic rings. The van der Waals surface area contributed by atoms with E-state index in [0.717, 1.165) is 24.6 Å². The van der Waals surface area contributed by atoms with E-state index in [2.05, 4.69) is 29.5 Å². The SMILES string of the molecule is C[C@H](CO)N1C[C@H](C)[C@H](CN(C)CC2CCCCC2)Oc2ccc(NC(=O)Nc3ccccc3)cc2CC1=O. The Morgan fingerprint density at radius 2 is 1.79 bits per heavy atom. The van der Waals surface area contributed by atoms with E-state index in [4.69, 9.17) is 4.74 Å². The van der Waals surface area contributed by atoms with Gasteiger partial charge in [-0.3, -0.25) is 4.79 Å². The average Bonchev–Trinajstić information content (AvgIpc) is 2.97. The van der Waals surface area contributed by atoms with Crippen molar-refractivity contribution in [2.24, 2.45) is 11.8 Å². The normalized spacial score (nSPS) is 21.3. The lowest BCUT2D eigenvalue weighted by Crippen LogP contribution is -2.48. The fourth-order valence-electron chi connectivity index (χ4n) is 5.73. The number of amides is 3. The molecule has 3 N–H and O–H groups in total. The summed E-state index contributed by atoms with van der Waals surface area (Å²) < 4.78 is 6.64. The first-order chi connectivity index (χ1) is 18.8. The Morgan fingerprint density at radius 3 is 2.51 bits per heavy atom. The standard InChI is InChI=1S/C31H44N4O4/c1-22-18-35(23(2)21-36)30(37)17-25-16-27(33-31(38)32-26-12-8-5-9-13-26)14-15-28(25)39-29(22)20-34(3)19-24-10-6-4-7-11-24/h5,8-9,12-16,22-24,29,36H,4,6-7,10-11,17-21H2,1-3H3,(H2,32,33,38)/t22-,23+,29-/m0/s1. The number of para-hydroxylation sites is 1.